The number of ether oxygens (including phenoxy) is 2. The van der Waals surface area contributed by atoms with E-state index >= 15 is 0 Å². The molecule has 0 radical (unpaired) electrons. The molecule has 0 bridgehead atoms. The maximum atomic E-state index is 13.0. The summed E-state index contributed by atoms with van der Waals surface area (Å²) in [5, 5.41) is 6.53. The van der Waals surface area contributed by atoms with Crippen LogP contribution in [0.2, 0.25) is 0 Å². The second kappa shape index (κ2) is 13.3. The topological polar surface area (TPSA) is 128 Å². The van der Waals surface area contributed by atoms with Crippen molar-refractivity contribution in [3.8, 4) is 5.75 Å². The van der Waals surface area contributed by atoms with Gasteiger partial charge < -0.3 is 20.1 Å². The molecule has 2 rings (SSSR count). The van der Waals surface area contributed by atoms with Crippen LogP contribution in [0, 0.1) is 5.92 Å². The molecule has 13 heteroatoms. The van der Waals surface area contributed by atoms with Crippen molar-refractivity contribution in [3.63, 3.8) is 0 Å². The van der Waals surface area contributed by atoms with E-state index in [1.54, 1.807) is 0 Å². The molecule has 9 nitrogen and oxygen atoms in total. The predicted octanol–water partition coefficient (Wildman–Crippen LogP) is 3.96. The Labute approximate surface area is 213 Å². The summed E-state index contributed by atoms with van der Waals surface area (Å²) in [6, 6.07) is 8.41. The number of anilines is 1. The van der Waals surface area contributed by atoms with Crippen molar-refractivity contribution in [1.29, 1.82) is 0 Å². The smallest absolute Gasteiger partial charge is 0.450 e. The molecule has 1 unspecified atom stereocenters. The average molecular weight is 541 g/mol. The van der Waals surface area contributed by atoms with E-state index in [-0.39, 0.29) is 29.4 Å². The first-order chi connectivity index (χ1) is 17.4. The lowest BCUT2D eigenvalue weighted by atomic mass is 9.91. The Balaban J connectivity index is 1.85. The molecule has 2 aromatic rings. The van der Waals surface area contributed by atoms with E-state index in [0.717, 1.165) is 11.3 Å². The number of thiophene rings is 1. The van der Waals surface area contributed by atoms with Gasteiger partial charge in [-0.05, 0) is 42.6 Å². The molecular weight excluding hydrogens is 517 g/mol. The van der Waals surface area contributed by atoms with Gasteiger partial charge in [0.05, 0.1) is 23.9 Å². The van der Waals surface area contributed by atoms with Crippen LogP contribution in [-0.2, 0) is 19.1 Å². The summed E-state index contributed by atoms with van der Waals surface area (Å²) >= 11 is 0.878. The van der Waals surface area contributed by atoms with Crippen LogP contribution in [0.25, 0.3) is 0 Å². The number of alkyl halides is 3. The maximum Gasteiger partial charge on any atom is 0.450 e. The number of hydrogen-bond acceptors (Lipinski definition) is 9. The van der Waals surface area contributed by atoms with Gasteiger partial charge in [0.15, 0.2) is 11.6 Å². The minimum Gasteiger partial charge on any atom is -0.460 e. The van der Waals surface area contributed by atoms with Crippen LogP contribution in [-0.4, -0.2) is 55.3 Å². The van der Waals surface area contributed by atoms with Crippen molar-refractivity contribution < 1.29 is 46.6 Å². The van der Waals surface area contributed by atoms with Gasteiger partial charge in [0.2, 0.25) is 5.78 Å². The van der Waals surface area contributed by atoms with E-state index in [1.807, 2.05) is 0 Å². The van der Waals surface area contributed by atoms with Crippen LogP contribution in [0.4, 0.5) is 23.7 Å². The standard InChI is InChI=1S/C24H23F3N2O7S/c1-14(2)22(33)35-10-9-28-23(34)36-17-7-5-15(6-8-17)29-13-16(30)12-18(21(32)24(25,26)27)20(31)19-4-3-11-37-19/h3-8,11,18,29H,1,9-10,12-13H2,2H3,(H,28,34). The number of Topliss-reactive ketones (excluding diaryl/α,β-unsaturated/α-hetero) is 3. The number of nitrogens with one attached hydrogen (secondary N) is 2. The number of ketones is 3. The first kappa shape index (κ1) is 29.2. The number of carbonyl (C=O) groups excluding carboxylic acids is 5. The zero-order chi connectivity index (χ0) is 27.6. The van der Waals surface area contributed by atoms with Gasteiger partial charge in [-0.3, -0.25) is 14.4 Å². The summed E-state index contributed by atoms with van der Waals surface area (Å²) in [6.45, 7) is 4.39. The van der Waals surface area contributed by atoms with Gasteiger partial charge in [-0.15, -0.1) is 11.3 Å². The Bertz CT molecular complexity index is 1150. The van der Waals surface area contributed by atoms with Crippen LogP contribution >= 0.6 is 11.3 Å². The van der Waals surface area contributed by atoms with Crippen LogP contribution in [0.1, 0.15) is 23.0 Å². The van der Waals surface area contributed by atoms with Crippen LogP contribution in [0.5, 0.6) is 5.75 Å². The zero-order valence-corrected chi connectivity index (χ0v) is 20.4. The second-order valence-electron chi connectivity index (χ2n) is 7.61. The normalized spacial score (nSPS) is 11.7. The molecular formula is C24H23F3N2O7S. The minimum absolute atomic E-state index is 0.00638. The van der Waals surface area contributed by atoms with Gasteiger partial charge in [0.1, 0.15) is 12.4 Å². The van der Waals surface area contributed by atoms with Crippen molar-refractivity contribution in [2.75, 3.05) is 25.0 Å². The van der Waals surface area contributed by atoms with E-state index in [9.17, 15) is 37.1 Å². The predicted molar refractivity (Wildman–Crippen MR) is 128 cm³/mol. The van der Waals surface area contributed by atoms with Gasteiger partial charge in [0, 0.05) is 17.7 Å². The molecule has 1 heterocycles. The lowest BCUT2D eigenvalue weighted by molar-refractivity contribution is -0.174. The van der Waals surface area contributed by atoms with Crippen LogP contribution in [0.15, 0.2) is 53.9 Å². The van der Waals surface area contributed by atoms with Gasteiger partial charge >= 0.3 is 18.2 Å². The fourth-order valence-corrected chi connectivity index (χ4v) is 3.52. The first-order valence-electron chi connectivity index (χ1n) is 10.7. The van der Waals surface area contributed by atoms with E-state index in [1.165, 1.54) is 48.7 Å². The minimum atomic E-state index is -5.26. The lowest BCUT2D eigenvalue weighted by Crippen LogP contribution is -2.37. The van der Waals surface area contributed by atoms with Crippen molar-refractivity contribution in [1.82, 2.24) is 5.32 Å². The molecule has 0 aliphatic rings. The lowest BCUT2D eigenvalue weighted by Gasteiger charge is -2.15. The third kappa shape index (κ3) is 9.52. The van der Waals surface area contributed by atoms with Gasteiger partial charge in [0.25, 0.3) is 0 Å². The highest BCUT2D eigenvalue weighted by Gasteiger charge is 2.47. The SMILES string of the molecule is C=C(C)C(=O)OCCNC(=O)Oc1ccc(NCC(=O)CC(C(=O)c2cccs2)C(=O)C(F)(F)F)cc1. The first-order valence-corrected chi connectivity index (χ1v) is 11.6. The number of hydrogen-bond donors (Lipinski definition) is 2. The van der Waals surface area contributed by atoms with Crippen molar-refractivity contribution in [2.24, 2.45) is 5.92 Å². The van der Waals surface area contributed by atoms with Crippen molar-refractivity contribution in [2.45, 2.75) is 19.5 Å². The van der Waals surface area contributed by atoms with E-state index in [0.29, 0.717) is 5.69 Å². The molecule has 37 heavy (non-hydrogen) atoms. The molecule has 0 aliphatic carbocycles. The highest BCUT2D eigenvalue weighted by atomic mass is 32.1. The summed E-state index contributed by atoms with van der Waals surface area (Å²) in [7, 11) is 0. The summed E-state index contributed by atoms with van der Waals surface area (Å²) in [5.74, 6) is -6.71. The quantitative estimate of drug-likeness (QED) is 0.129. The van der Waals surface area contributed by atoms with Crippen LogP contribution in [0.3, 0.4) is 0 Å². The average Bonchev–Trinajstić information content (AvgIpc) is 3.38. The van der Waals surface area contributed by atoms with Gasteiger partial charge in [-0.2, -0.15) is 13.2 Å². The Morgan fingerprint density at radius 2 is 1.76 bits per heavy atom. The molecule has 1 aromatic heterocycles. The third-order valence-corrected chi connectivity index (χ3v) is 5.50. The third-order valence-electron chi connectivity index (χ3n) is 4.62. The zero-order valence-electron chi connectivity index (χ0n) is 19.6. The molecule has 0 spiro atoms. The highest BCUT2D eigenvalue weighted by molar-refractivity contribution is 7.12. The fourth-order valence-electron chi connectivity index (χ4n) is 2.80. The Morgan fingerprint density at radius 1 is 1.08 bits per heavy atom. The molecule has 1 amide bonds. The molecule has 2 N–H and O–H groups in total. The molecule has 0 aliphatic heterocycles. The largest absolute Gasteiger partial charge is 0.460 e. The van der Waals surface area contributed by atoms with Gasteiger partial charge in [-0.25, -0.2) is 9.59 Å². The molecule has 1 aromatic carbocycles. The van der Waals surface area contributed by atoms with E-state index in [2.05, 4.69) is 17.2 Å². The molecule has 0 saturated carbocycles. The summed E-state index contributed by atoms with van der Waals surface area (Å²) in [4.78, 5) is 59.5. The molecule has 0 fully saturated rings. The number of halogens is 3. The van der Waals surface area contributed by atoms with Crippen molar-refractivity contribution in [3.05, 3.63) is 58.8 Å². The highest BCUT2D eigenvalue weighted by Crippen LogP contribution is 2.27. The Morgan fingerprint density at radius 3 is 2.32 bits per heavy atom. The van der Waals surface area contributed by atoms with Crippen LogP contribution < -0.4 is 15.4 Å². The molecule has 198 valence electrons. The monoisotopic (exact) mass is 540 g/mol. The second-order valence-corrected chi connectivity index (χ2v) is 8.56. The number of esters is 1. The summed E-state index contributed by atoms with van der Waals surface area (Å²) < 4.78 is 48.8. The summed E-state index contributed by atoms with van der Waals surface area (Å²) in [5.41, 5.74) is 0.593. The maximum absolute atomic E-state index is 13.0. The summed E-state index contributed by atoms with van der Waals surface area (Å²) in [6.07, 6.45) is -6.98. The number of carbonyl (C=O) groups is 5. The fraction of sp³-hybridized carbons (Fsp3) is 0.292. The van der Waals surface area contributed by atoms with Crippen molar-refractivity contribution >= 4 is 46.4 Å². The van der Waals surface area contributed by atoms with Gasteiger partial charge in [-0.1, -0.05) is 12.6 Å². The number of benzene rings is 1. The van der Waals surface area contributed by atoms with E-state index < -0.39 is 54.5 Å². The molecule has 1 atom stereocenters. The van der Waals surface area contributed by atoms with E-state index in [4.69, 9.17) is 9.47 Å². The Kier molecular flexibility index (Phi) is 10.5. The molecule has 0 saturated heterocycles. The number of amides is 1. The Hall–Kier alpha value is -4.00. The number of rotatable bonds is 13.